The van der Waals surface area contributed by atoms with Gasteiger partial charge in [0.15, 0.2) is 5.11 Å². The molecule has 45 heavy (non-hydrogen) atoms. The number of pyridine rings is 3. The lowest BCUT2D eigenvalue weighted by molar-refractivity contribution is -0.190. The number of fused-ring (bicyclic) bond motifs is 5. The van der Waals surface area contributed by atoms with Crippen molar-refractivity contribution in [3.05, 3.63) is 93.5 Å². The van der Waals surface area contributed by atoms with Crippen LogP contribution in [0.5, 0.6) is 0 Å². The van der Waals surface area contributed by atoms with Crippen LogP contribution in [0.1, 0.15) is 46.8 Å². The average molecular weight is 644 g/mol. The molecule has 0 fully saturated rings. The summed E-state index contributed by atoms with van der Waals surface area (Å²) in [6, 6.07) is 13.6. The summed E-state index contributed by atoms with van der Waals surface area (Å²) in [5, 5.41) is 6.29. The predicted molar refractivity (Wildman–Crippen MR) is 173 cm³/mol. The lowest BCUT2D eigenvalue weighted by atomic mass is 9.85. The Hall–Kier alpha value is -4.62. The first kappa shape index (κ1) is 30.4. The maximum atomic E-state index is 13.8. The van der Waals surface area contributed by atoms with E-state index < -0.39 is 29.5 Å². The molecule has 6 rings (SSSR count). The highest BCUT2D eigenvalue weighted by Gasteiger charge is 2.51. The van der Waals surface area contributed by atoms with Crippen LogP contribution in [0.4, 0.5) is 0 Å². The maximum Gasteiger partial charge on any atom is 0.355 e. The Labute approximate surface area is 267 Å². The predicted octanol–water partition coefficient (Wildman–Crippen LogP) is 3.45. The number of hydrogen-bond donors (Lipinski definition) is 2. The number of benzene rings is 1. The Bertz CT molecular complexity index is 1910. The van der Waals surface area contributed by atoms with Crippen molar-refractivity contribution in [3.63, 3.8) is 0 Å². The van der Waals surface area contributed by atoms with Crippen molar-refractivity contribution in [1.29, 1.82) is 0 Å². The van der Waals surface area contributed by atoms with Crippen LogP contribution in [-0.4, -0.2) is 55.5 Å². The van der Waals surface area contributed by atoms with Gasteiger partial charge in [0.2, 0.25) is 5.60 Å². The number of ether oxygens (including phenoxy) is 2. The number of para-hydroxylation sites is 1. The number of nitrogens with zero attached hydrogens (tertiary/aromatic N) is 3. The summed E-state index contributed by atoms with van der Waals surface area (Å²) in [5.74, 6) is -1.49. The van der Waals surface area contributed by atoms with E-state index in [-0.39, 0.29) is 41.2 Å². The molecule has 0 unspecified atom stereocenters. The van der Waals surface area contributed by atoms with E-state index in [9.17, 15) is 19.2 Å². The first-order valence-corrected chi connectivity index (χ1v) is 16.1. The fraction of sp³-hybridized carbons (Fsp3) is 0.281. The van der Waals surface area contributed by atoms with E-state index in [1.165, 1.54) is 18.0 Å². The van der Waals surface area contributed by atoms with E-state index in [0.717, 1.165) is 16.5 Å². The Morgan fingerprint density at radius 2 is 2.02 bits per heavy atom. The van der Waals surface area contributed by atoms with Crippen molar-refractivity contribution in [3.8, 4) is 11.4 Å². The van der Waals surface area contributed by atoms with Crippen LogP contribution in [-0.2, 0) is 37.8 Å². The number of hydrogen-bond acceptors (Lipinski definition) is 10. The molecule has 13 heteroatoms. The molecule has 0 spiro atoms. The van der Waals surface area contributed by atoms with Crippen molar-refractivity contribution in [2.45, 2.75) is 44.6 Å². The van der Waals surface area contributed by atoms with Gasteiger partial charge in [-0.1, -0.05) is 25.1 Å². The van der Waals surface area contributed by atoms with Crippen LogP contribution >= 0.6 is 24.0 Å². The normalized spacial score (nSPS) is 17.0. The van der Waals surface area contributed by atoms with Crippen LogP contribution in [0.3, 0.4) is 0 Å². The topological polar surface area (TPSA) is 142 Å². The van der Waals surface area contributed by atoms with Gasteiger partial charge in [-0.3, -0.25) is 19.9 Å². The highest BCUT2D eigenvalue weighted by atomic mass is 32.2. The number of carbonyl (C=O) groups excluding carboxylic acids is 3. The Morgan fingerprint density at radius 3 is 2.78 bits per heavy atom. The average Bonchev–Trinajstić information content (AvgIpc) is 3.41. The van der Waals surface area contributed by atoms with Crippen molar-refractivity contribution >= 4 is 57.8 Å². The van der Waals surface area contributed by atoms with Crippen LogP contribution in [0.2, 0.25) is 0 Å². The van der Waals surface area contributed by atoms with Crippen molar-refractivity contribution in [2.75, 3.05) is 12.0 Å². The Balaban J connectivity index is 1.33. The van der Waals surface area contributed by atoms with Gasteiger partial charge in [-0.15, -0.1) is 0 Å². The molecule has 0 radical (unpaired) electrons. The summed E-state index contributed by atoms with van der Waals surface area (Å²) < 4.78 is 13.1. The molecule has 2 atom stereocenters. The van der Waals surface area contributed by atoms with Gasteiger partial charge in [0.1, 0.15) is 12.6 Å². The molecule has 0 bridgehead atoms. The fourth-order valence-corrected chi connectivity index (χ4v) is 6.38. The molecule has 11 nitrogen and oxygen atoms in total. The van der Waals surface area contributed by atoms with E-state index in [2.05, 4.69) is 15.6 Å². The van der Waals surface area contributed by atoms with Gasteiger partial charge in [-0.2, -0.15) is 11.8 Å². The summed E-state index contributed by atoms with van der Waals surface area (Å²) in [7, 11) is 0. The van der Waals surface area contributed by atoms with Crippen molar-refractivity contribution in [2.24, 2.45) is 0 Å². The summed E-state index contributed by atoms with van der Waals surface area (Å²) in [4.78, 5) is 62.5. The van der Waals surface area contributed by atoms with Crippen LogP contribution in [0.15, 0.2) is 65.7 Å². The molecule has 230 valence electrons. The van der Waals surface area contributed by atoms with Gasteiger partial charge < -0.3 is 19.4 Å². The second-order valence-corrected chi connectivity index (χ2v) is 12.1. The van der Waals surface area contributed by atoms with Gasteiger partial charge in [-0.25, -0.2) is 14.6 Å². The molecule has 2 N–H and O–H groups in total. The van der Waals surface area contributed by atoms with Gasteiger partial charge in [0, 0.05) is 28.9 Å². The smallest absolute Gasteiger partial charge is 0.355 e. The second kappa shape index (κ2) is 12.4. The zero-order valence-electron chi connectivity index (χ0n) is 24.5. The van der Waals surface area contributed by atoms with E-state index in [1.54, 1.807) is 35.9 Å². The zero-order valence-corrected chi connectivity index (χ0v) is 26.1. The fourth-order valence-electron chi connectivity index (χ4n) is 5.68. The third kappa shape index (κ3) is 5.57. The molecule has 2 aliphatic heterocycles. The molecule has 1 aromatic carbocycles. The number of amides is 1. The van der Waals surface area contributed by atoms with Gasteiger partial charge >= 0.3 is 11.9 Å². The molecule has 5 heterocycles. The number of aromatic nitrogens is 3. The lowest BCUT2D eigenvalue weighted by Crippen LogP contribution is -2.53. The highest BCUT2D eigenvalue weighted by molar-refractivity contribution is 7.98. The molecule has 0 saturated carbocycles. The minimum atomic E-state index is -1.88. The van der Waals surface area contributed by atoms with Crippen LogP contribution < -0.4 is 16.2 Å². The molecule has 0 aliphatic carbocycles. The molecular formula is C32H29N5O6S2. The van der Waals surface area contributed by atoms with Gasteiger partial charge in [-0.05, 0) is 67.4 Å². The minimum absolute atomic E-state index is 0.0168. The molecular weight excluding hydrogens is 615 g/mol. The number of thioether (sulfide) groups is 1. The number of thiocarbonyl (C=S) groups is 1. The van der Waals surface area contributed by atoms with Gasteiger partial charge in [0.05, 0.1) is 34.6 Å². The summed E-state index contributed by atoms with van der Waals surface area (Å²) >= 11 is 6.85. The van der Waals surface area contributed by atoms with Crippen molar-refractivity contribution in [1.82, 2.24) is 25.2 Å². The standard InChI is InChI=1S/C32H29N5O6S2/c1-3-32(43-29(40)24(10-12-45-2)35-31(44)36-27(38)19-8-6-11-33-15-19)22-14-25-26-20(13-18-7-4-5-9-23(18)34-26)16-37(25)28(39)21(22)17-42-30(32)41/h4-9,11,13-15,24H,3,10,12,16-17H2,1-2H3,(H2,35,36,38,44)/t24-,32-/m0/s1. The first-order valence-electron chi connectivity index (χ1n) is 14.3. The third-order valence-corrected chi connectivity index (χ3v) is 8.87. The van der Waals surface area contributed by atoms with E-state index in [1.807, 2.05) is 36.6 Å². The summed E-state index contributed by atoms with van der Waals surface area (Å²) in [6.07, 6.45) is 5.12. The lowest BCUT2D eigenvalue weighted by Gasteiger charge is -2.36. The minimum Gasteiger partial charge on any atom is -0.457 e. The molecule has 4 aromatic rings. The Morgan fingerprint density at radius 1 is 1.20 bits per heavy atom. The van der Waals surface area contributed by atoms with E-state index >= 15 is 0 Å². The number of esters is 2. The number of carbonyl (C=O) groups is 3. The van der Waals surface area contributed by atoms with E-state index in [0.29, 0.717) is 29.2 Å². The summed E-state index contributed by atoms with van der Waals surface area (Å²) in [6.45, 7) is 1.78. The first-order chi connectivity index (χ1) is 21.8. The molecule has 2 aliphatic rings. The van der Waals surface area contributed by atoms with Crippen LogP contribution in [0, 0.1) is 0 Å². The van der Waals surface area contributed by atoms with Gasteiger partial charge in [0.25, 0.3) is 11.5 Å². The SMILES string of the molecule is CC[C@@]1(OC(=O)[C@H](CCSC)NC(=S)NC(=O)c2cccnc2)C(=O)OCc2c1cc1n(c2=O)Cc2cc3ccccc3nc2-1. The quantitative estimate of drug-likeness (QED) is 0.190. The van der Waals surface area contributed by atoms with Crippen LogP contribution in [0.25, 0.3) is 22.3 Å². The molecule has 0 saturated heterocycles. The number of cyclic esters (lactones) is 1. The van der Waals surface area contributed by atoms with Crippen molar-refractivity contribution < 1.29 is 23.9 Å². The molecule has 1 amide bonds. The maximum absolute atomic E-state index is 13.8. The third-order valence-electron chi connectivity index (χ3n) is 8.01. The largest absolute Gasteiger partial charge is 0.457 e. The number of rotatable bonds is 8. The van der Waals surface area contributed by atoms with E-state index in [4.69, 9.17) is 26.7 Å². The number of nitrogens with one attached hydrogen (secondary N) is 2. The Kier molecular flexibility index (Phi) is 8.38. The monoisotopic (exact) mass is 643 g/mol. The second-order valence-electron chi connectivity index (χ2n) is 10.7. The zero-order chi connectivity index (χ0) is 31.7. The molecule has 3 aromatic heterocycles. The summed E-state index contributed by atoms with van der Waals surface area (Å²) in [5.41, 5.74) is 1.44. The highest BCUT2D eigenvalue weighted by Crippen LogP contribution is 2.41.